The first-order chi connectivity index (χ1) is 13.5. The summed E-state index contributed by atoms with van der Waals surface area (Å²) in [5.74, 6) is -0.320. The van der Waals surface area contributed by atoms with E-state index in [0.29, 0.717) is 6.42 Å². The van der Waals surface area contributed by atoms with Crippen LogP contribution in [-0.4, -0.2) is 41.9 Å². The minimum atomic E-state index is -0.851. The van der Waals surface area contributed by atoms with Gasteiger partial charge in [-0.2, -0.15) is 0 Å². The molecule has 0 aromatic carbocycles. The molecule has 0 aromatic heterocycles. The van der Waals surface area contributed by atoms with Crippen LogP contribution in [0.2, 0.25) is 0 Å². The molecule has 29 heavy (non-hydrogen) atoms. The van der Waals surface area contributed by atoms with Crippen LogP contribution in [0.4, 0.5) is 0 Å². The predicted octanol–water partition coefficient (Wildman–Crippen LogP) is 4.47. The molecule has 1 aliphatic carbocycles. The molecule has 0 aliphatic heterocycles. The number of hydrogen-bond donors (Lipinski definition) is 2. The Balaban J connectivity index is 2.64. The molecule has 164 valence electrons. The Morgan fingerprint density at radius 2 is 1.79 bits per heavy atom. The molecule has 0 fully saturated rings. The summed E-state index contributed by atoms with van der Waals surface area (Å²) in [7, 11) is 2.87. The van der Waals surface area contributed by atoms with Crippen molar-refractivity contribution in [2.24, 2.45) is 11.8 Å². The first-order valence-corrected chi connectivity index (χ1v) is 10.3. The predicted molar refractivity (Wildman–Crippen MR) is 116 cm³/mol. The second-order valence-corrected chi connectivity index (χ2v) is 8.50. The van der Waals surface area contributed by atoms with Crippen LogP contribution in [0.25, 0.3) is 0 Å². The maximum absolute atomic E-state index is 12.5. The second kappa shape index (κ2) is 11.4. The molecular weight excluding hydrogens is 368 g/mol. The van der Waals surface area contributed by atoms with Gasteiger partial charge in [0.2, 0.25) is 11.5 Å². The molecule has 0 amide bonds. The lowest BCUT2D eigenvalue weighted by Gasteiger charge is -2.33. The molecule has 0 radical (unpaired) electrons. The number of rotatable bonds is 10. The van der Waals surface area contributed by atoms with Crippen LogP contribution in [0.5, 0.6) is 0 Å². The average Bonchev–Trinajstić information content (AvgIpc) is 2.63. The van der Waals surface area contributed by atoms with E-state index in [4.69, 9.17) is 9.47 Å². The molecule has 5 heteroatoms. The maximum atomic E-state index is 12.5. The molecule has 0 aromatic rings. The maximum Gasteiger partial charge on any atom is 0.204 e. The van der Waals surface area contributed by atoms with Gasteiger partial charge in [-0.1, -0.05) is 42.4 Å². The lowest BCUT2D eigenvalue weighted by Crippen LogP contribution is -2.40. The van der Waals surface area contributed by atoms with Gasteiger partial charge in [0.1, 0.15) is 6.10 Å². The molecule has 5 nitrogen and oxygen atoms in total. The van der Waals surface area contributed by atoms with Crippen LogP contribution in [-0.2, 0) is 14.3 Å². The zero-order valence-corrected chi connectivity index (χ0v) is 19.0. The highest BCUT2D eigenvalue weighted by atomic mass is 16.5. The minimum absolute atomic E-state index is 0.122. The molecule has 0 bridgehead atoms. The van der Waals surface area contributed by atoms with E-state index in [1.807, 2.05) is 19.1 Å². The van der Waals surface area contributed by atoms with Crippen molar-refractivity contribution in [3.05, 3.63) is 47.0 Å². The minimum Gasteiger partial charge on any atom is -0.494 e. The van der Waals surface area contributed by atoms with Crippen molar-refractivity contribution in [3.63, 3.8) is 0 Å². The molecule has 0 heterocycles. The number of ether oxygens (including phenoxy) is 2. The Kier molecular flexibility index (Phi) is 9.87. The van der Waals surface area contributed by atoms with Crippen molar-refractivity contribution in [1.82, 2.24) is 0 Å². The average molecular weight is 407 g/mol. The third-order valence-electron chi connectivity index (χ3n) is 5.34. The number of carbonyl (C=O) groups excluding carboxylic acids is 1. The van der Waals surface area contributed by atoms with Crippen LogP contribution >= 0.6 is 0 Å². The molecule has 1 aliphatic rings. The fourth-order valence-electron chi connectivity index (χ4n) is 3.47. The van der Waals surface area contributed by atoms with Gasteiger partial charge >= 0.3 is 0 Å². The highest BCUT2D eigenvalue weighted by Crippen LogP contribution is 2.35. The van der Waals surface area contributed by atoms with Crippen molar-refractivity contribution >= 4 is 5.78 Å². The Morgan fingerprint density at radius 3 is 2.34 bits per heavy atom. The quantitative estimate of drug-likeness (QED) is 0.524. The first kappa shape index (κ1) is 25.2. The van der Waals surface area contributed by atoms with Crippen molar-refractivity contribution in [2.75, 3.05) is 14.2 Å². The number of carbonyl (C=O) groups is 1. The van der Waals surface area contributed by atoms with Gasteiger partial charge in [0, 0.05) is 11.8 Å². The number of aliphatic hydroxyl groups is 2. The zero-order valence-electron chi connectivity index (χ0n) is 19.0. The molecule has 0 saturated carbocycles. The summed E-state index contributed by atoms with van der Waals surface area (Å²) < 4.78 is 10.4. The number of ketones is 1. The molecule has 1 rings (SSSR count). The van der Waals surface area contributed by atoms with Gasteiger partial charge in [0.25, 0.3) is 0 Å². The number of methoxy groups -OCH3 is 2. The number of Topliss-reactive ketones (excluding diaryl/α,β-unsaturated/α-hetero) is 1. The topological polar surface area (TPSA) is 76.0 Å². The van der Waals surface area contributed by atoms with Crippen LogP contribution in [0.15, 0.2) is 47.0 Å². The molecule has 3 unspecified atom stereocenters. The highest BCUT2D eigenvalue weighted by molar-refractivity contribution is 5.97. The normalized spacial score (nSPS) is 24.4. The Hall–Kier alpha value is -1.85. The molecule has 0 spiro atoms. The van der Waals surface area contributed by atoms with Gasteiger partial charge in [0.05, 0.1) is 19.8 Å². The van der Waals surface area contributed by atoms with E-state index in [2.05, 4.69) is 26.0 Å². The van der Waals surface area contributed by atoms with E-state index in [-0.39, 0.29) is 29.1 Å². The Bertz CT molecular complexity index is 676. The van der Waals surface area contributed by atoms with E-state index in [0.717, 1.165) is 19.3 Å². The third kappa shape index (κ3) is 7.82. The lowest BCUT2D eigenvalue weighted by atomic mass is 9.77. The molecule has 3 atom stereocenters. The number of aliphatic hydroxyl groups excluding tert-OH is 1. The van der Waals surface area contributed by atoms with Crippen LogP contribution in [0.3, 0.4) is 0 Å². The standard InChI is InChI=1S/C24H38O5/c1-16(12-9-15-24(4,5)27)10-8-11-17(2)13-14-19-18(3)20(25)22(28-6)23(29-7)21(19)26/h9-10,13,15,18-19,21,26-27H,8,11-12,14H2,1-7H3. The smallest absolute Gasteiger partial charge is 0.204 e. The Labute approximate surface area is 175 Å². The van der Waals surface area contributed by atoms with E-state index in [9.17, 15) is 15.0 Å². The summed E-state index contributed by atoms with van der Waals surface area (Å²) in [5.41, 5.74) is 1.72. The van der Waals surface area contributed by atoms with Crippen molar-refractivity contribution < 1.29 is 24.5 Å². The fourth-order valence-corrected chi connectivity index (χ4v) is 3.47. The van der Waals surface area contributed by atoms with Gasteiger partial charge in [0.15, 0.2) is 5.76 Å². The summed E-state index contributed by atoms with van der Waals surface area (Å²) in [5, 5.41) is 20.3. The van der Waals surface area contributed by atoms with Crippen LogP contribution in [0.1, 0.15) is 60.3 Å². The van der Waals surface area contributed by atoms with E-state index in [1.54, 1.807) is 13.8 Å². The van der Waals surface area contributed by atoms with Crippen molar-refractivity contribution in [3.8, 4) is 0 Å². The first-order valence-electron chi connectivity index (χ1n) is 10.3. The van der Waals surface area contributed by atoms with Gasteiger partial charge in [-0.25, -0.2) is 0 Å². The van der Waals surface area contributed by atoms with E-state index in [1.165, 1.54) is 25.4 Å². The van der Waals surface area contributed by atoms with Crippen LogP contribution < -0.4 is 0 Å². The number of allylic oxidation sites excluding steroid dienone is 6. The van der Waals surface area contributed by atoms with Gasteiger partial charge in [-0.15, -0.1) is 0 Å². The van der Waals surface area contributed by atoms with Crippen molar-refractivity contribution in [1.29, 1.82) is 0 Å². The summed E-state index contributed by atoms with van der Waals surface area (Å²) in [4.78, 5) is 12.5. The highest BCUT2D eigenvalue weighted by Gasteiger charge is 2.42. The largest absolute Gasteiger partial charge is 0.494 e. The molecule has 2 N–H and O–H groups in total. The Morgan fingerprint density at radius 1 is 1.14 bits per heavy atom. The van der Waals surface area contributed by atoms with Gasteiger partial charge in [-0.05, 0) is 53.4 Å². The monoisotopic (exact) mass is 406 g/mol. The zero-order chi connectivity index (χ0) is 22.2. The molecule has 0 saturated heterocycles. The summed E-state index contributed by atoms with van der Waals surface area (Å²) >= 11 is 0. The van der Waals surface area contributed by atoms with Gasteiger partial charge < -0.3 is 19.7 Å². The second-order valence-electron chi connectivity index (χ2n) is 8.50. The van der Waals surface area contributed by atoms with Crippen molar-refractivity contribution in [2.45, 2.75) is 72.0 Å². The third-order valence-corrected chi connectivity index (χ3v) is 5.34. The summed E-state index contributed by atoms with van der Waals surface area (Å²) in [6, 6.07) is 0. The summed E-state index contributed by atoms with van der Waals surface area (Å²) in [6.07, 6.45) is 10.6. The van der Waals surface area contributed by atoms with E-state index < -0.39 is 11.7 Å². The number of hydrogen-bond acceptors (Lipinski definition) is 5. The molecular formula is C24H38O5. The SMILES string of the molecule is COC1=C(OC)C(O)C(CC=C(C)CCC=C(C)CC=CC(C)(C)O)C(C)C1=O. The van der Waals surface area contributed by atoms with E-state index >= 15 is 0 Å². The summed E-state index contributed by atoms with van der Waals surface area (Å²) in [6.45, 7) is 9.52. The fraction of sp³-hybridized carbons (Fsp3) is 0.625. The lowest BCUT2D eigenvalue weighted by molar-refractivity contribution is -0.128. The van der Waals surface area contributed by atoms with Gasteiger partial charge in [-0.3, -0.25) is 4.79 Å². The van der Waals surface area contributed by atoms with Crippen LogP contribution in [0, 0.1) is 11.8 Å².